The van der Waals surface area contributed by atoms with Crippen molar-refractivity contribution in [1.29, 1.82) is 0 Å². The van der Waals surface area contributed by atoms with E-state index in [-0.39, 0.29) is 49.3 Å². The van der Waals surface area contributed by atoms with Gasteiger partial charge in [0, 0.05) is 38.3 Å². The van der Waals surface area contributed by atoms with E-state index in [1.807, 2.05) is 13.0 Å². The van der Waals surface area contributed by atoms with Crippen molar-refractivity contribution in [3.8, 4) is 0 Å². The van der Waals surface area contributed by atoms with Crippen LogP contribution < -0.4 is 5.32 Å². The molecule has 2 aliphatic heterocycles. The monoisotopic (exact) mass is 445 g/mol. The Hall–Kier alpha value is -2.78. The van der Waals surface area contributed by atoms with Crippen LogP contribution in [0.1, 0.15) is 29.0 Å². The highest BCUT2D eigenvalue weighted by Gasteiger charge is 2.37. The first-order valence-electron chi connectivity index (χ1n) is 10.1. The van der Waals surface area contributed by atoms with Crippen molar-refractivity contribution in [3.63, 3.8) is 0 Å². The van der Waals surface area contributed by atoms with Crippen molar-refractivity contribution in [2.75, 3.05) is 31.5 Å². The third kappa shape index (κ3) is 4.07. The molecule has 2 amide bonds. The number of carbonyl (C=O) groups is 2. The summed E-state index contributed by atoms with van der Waals surface area (Å²) < 4.78 is 41.1. The average Bonchev–Trinajstić information content (AvgIpc) is 2.72. The molecule has 2 aromatic carbocycles. The molecule has 164 valence electrons. The van der Waals surface area contributed by atoms with Gasteiger partial charge in [-0.2, -0.15) is 4.31 Å². The van der Waals surface area contributed by atoms with Crippen molar-refractivity contribution in [3.05, 3.63) is 58.9 Å². The second kappa shape index (κ2) is 8.05. The molecule has 4 rings (SSSR count). The van der Waals surface area contributed by atoms with Crippen LogP contribution in [0.4, 0.5) is 10.1 Å². The van der Waals surface area contributed by atoms with E-state index in [1.165, 1.54) is 22.5 Å². The van der Waals surface area contributed by atoms with Crippen molar-refractivity contribution >= 4 is 27.5 Å². The number of fused-ring (bicyclic) bond motifs is 1. The highest BCUT2D eigenvalue weighted by atomic mass is 32.2. The van der Waals surface area contributed by atoms with Crippen LogP contribution in [-0.2, 0) is 19.6 Å². The number of carbonyl (C=O) groups excluding carboxylic acids is 2. The molecular formula is C22H24FN3O4S. The van der Waals surface area contributed by atoms with Gasteiger partial charge in [-0.15, -0.1) is 0 Å². The molecule has 0 spiro atoms. The molecule has 1 unspecified atom stereocenters. The van der Waals surface area contributed by atoms with Crippen LogP contribution in [0.3, 0.4) is 0 Å². The van der Waals surface area contributed by atoms with Gasteiger partial charge in [-0.3, -0.25) is 9.59 Å². The molecule has 31 heavy (non-hydrogen) atoms. The summed E-state index contributed by atoms with van der Waals surface area (Å²) in [7, 11) is -3.66. The third-order valence-corrected chi connectivity index (χ3v) is 7.91. The minimum absolute atomic E-state index is 0.0153. The van der Waals surface area contributed by atoms with Gasteiger partial charge in [-0.05, 0) is 43.2 Å². The first-order chi connectivity index (χ1) is 14.7. The zero-order valence-electron chi connectivity index (χ0n) is 17.4. The van der Waals surface area contributed by atoms with Crippen LogP contribution in [0.15, 0.2) is 41.3 Å². The van der Waals surface area contributed by atoms with E-state index in [0.29, 0.717) is 16.8 Å². The second-order valence-electron chi connectivity index (χ2n) is 8.03. The molecule has 2 heterocycles. The molecule has 1 N–H and O–H groups in total. The number of rotatable bonds is 3. The predicted molar refractivity (Wildman–Crippen MR) is 114 cm³/mol. The summed E-state index contributed by atoms with van der Waals surface area (Å²) in [6.07, 6.45) is -0.0153. The van der Waals surface area contributed by atoms with E-state index in [2.05, 4.69) is 5.32 Å². The molecule has 2 aliphatic rings. The van der Waals surface area contributed by atoms with Gasteiger partial charge in [0.1, 0.15) is 5.82 Å². The number of halogens is 1. The maximum atomic E-state index is 13.5. The summed E-state index contributed by atoms with van der Waals surface area (Å²) >= 11 is 0. The number of hydrogen-bond acceptors (Lipinski definition) is 4. The first-order valence-corrected chi connectivity index (χ1v) is 11.6. The van der Waals surface area contributed by atoms with Gasteiger partial charge in [-0.1, -0.05) is 23.8 Å². The van der Waals surface area contributed by atoms with E-state index in [0.717, 1.165) is 5.56 Å². The number of anilines is 1. The van der Waals surface area contributed by atoms with Gasteiger partial charge in [-0.25, -0.2) is 12.8 Å². The van der Waals surface area contributed by atoms with Crippen molar-refractivity contribution in [1.82, 2.24) is 9.21 Å². The van der Waals surface area contributed by atoms with Crippen LogP contribution in [0.25, 0.3) is 0 Å². The summed E-state index contributed by atoms with van der Waals surface area (Å²) in [5.41, 5.74) is 2.57. The number of benzene rings is 2. The molecule has 1 fully saturated rings. The Morgan fingerprint density at radius 3 is 2.45 bits per heavy atom. The van der Waals surface area contributed by atoms with Crippen LogP contribution in [0.2, 0.25) is 0 Å². The van der Waals surface area contributed by atoms with Crippen LogP contribution in [-0.4, -0.2) is 55.6 Å². The standard InChI is InChI=1S/C22H24FN3O4S/c1-14-3-6-20(15(2)11-14)31(29,30)26-9-7-25(8-10-26)22(28)18-13-21(27)24-19-12-16(23)4-5-17(18)19/h3-6,11-12,18H,7-10,13H2,1-2H3,(H,24,27). The Labute approximate surface area is 180 Å². The molecule has 0 bridgehead atoms. The maximum Gasteiger partial charge on any atom is 0.243 e. The lowest BCUT2D eigenvalue weighted by molar-refractivity contribution is -0.136. The minimum Gasteiger partial charge on any atom is -0.340 e. The second-order valence-corrected chi connectivity index (χ2v) is 9.94. The zero-order valence-corrected chi connectivity index (χ0v) is 18.2. The fourth-order valence-corrected chi connectivity index (χ4v) is 5.88. The fraction of sp³-hybridized carbons (Fsp3) is 0.364. The molecule has 9 heteroatoms. The van der Waals surface area contributed by atoms with E-state index in [9.17, 15) is 22.4 Å². The molecule has 0 aromatic heterocycles. The Bertz CT molecular complexity index is 1160. The van der Waals surface area contributed by atoms with E-state index in [4.69, 9.17) is 0 Å². The number of amides is 2. The van der Waals surface area contributed by atoms with E-state index in [1.54, 1.807) is 24.0 Å². The lowest BCUT2D eigenvalue weighted by Gasteiger charge is -2.37. The van der Waals surface area contributed by atoms with Gasteiger partial charge < -0.3 is 10.2 Å². The largest absolute Gasteiger partial charge is 0.340 e. The first kappa shape index (κ1) is 21.5. The number of piperazine rings is 1. The molecule has 7 nitrogen and oxygen atoms in total. The summed E-state index contributed by atoms with van der Waals surface area (Å²) in [6.45, 7) is 4.50. The zero-order chi connectivity index (χ0) is 22.3. The number of nitrogens with zero attached hydrogens (tertiary/aromatic N) is 2. The Morgan fingerprint density at radius 2 is 1.77 bits per heavy atom. The maximum absolute atomic E-state index is 13.5. The Kier molecular flexibility index (Phi) is 5.57. The minimum atomic E-state index is -3.66. The van der Waals surface area contributed by atoms with Crippen LogP contribution >= 0.6 is 0 Å². The number of sulfonamides is 1. The number of hydrogen-bond donors (Lipinski definition) is 1. The van der Waals surface area contributed by atoms with Crippen molar-refractivity contribution < 1.29 is 22.4 Å². The van der Waals surface area contributed by atoms with Gasteiger partial charge in [0.05, 0.1) is 10.8 Å². The summed E-state index contributed by atoms with van der Waals surface area (Å²) in [5.74, 6) is -1.77. The molecule has 0 saturated carbocycles. The molecular weight excluding hydrogens is 421 g/mol. The van der Waals surface area contributed by atoms with Crippen LogP contribution in [0, 0.1) is 19.7 Å². The molecule has 1 saturated heterocycles. The van der Waals surface area contributed by atoms with Crippen molar-refractivity contribution in [2.24, 2.45) is 0 Å². The molecule has 0 aliphatic carbocycles. The molecule has 1 atom stereocenters. The van der Waals surface area contributed by atoms with Gasteiger partial charge in [0.25, 0.3) is 0 Å². The summed E-state index contributed by atoms with van der Waals surface area (Å²) in [6, 6.07) is 9.23. The predicted octanol–water partition coefficient (Wildman–Crippen LogP) is 2.40. The highest BCUT2D eigenvalue weighted by Crippen LogP contribution is 2.34. The summed E-state index contributed by atoms with van der Waals surface area (Å²) in [4.78, 5) is 27.1. The lowest BCUT2D eigenvalue weighted by atomic mass is 9.89. The third-order valence-electron chi connectivity index (χ3n) is 5.85. The Morgan fingerprint density at radius 1 is 1.06 bits per heavy atom. The topological polar surface area (TPSA) is 86.8 Å². The van der Waals surface area contributed by atoms with E-state index >= 15 is 0 Å². The van der Waals surface area contributed by atoms with Gasteiger partial charge >= 0.3 is 0 Å². The van der Waals surface area contributed by atoms with Crippen molar-refractivity contribution in [2.45, 2.75) is 31.1 Å². The normalized spacial score (nSPS) is 19.6. The smallest absolute Gasteiger partial charge is 0.243 e. The summed E-state index contributed by atoms with van der Waals surface area (Å²) in [5, 5.41) is 2.61. The van der Waals surface area contributed by atoms with E-state index < -0.39 is 21.8 Å². The molecule has 2 aromatic rings. The fourth-order valence-electron chi connectivity index (χ4n) is 4.25. The SMILES string of the molecule is Cc1ccc(S(=O)(=O)N2CCN(C(=O)C3CC(=O)Nc4cc(F)ccc43)CC2)c(C)c1. The van der Waals surface area contributed by atoms with Crippen LogP contribution in [0.5, 0.6) is 0 Å². The Balaban J connectivity index is 1.49. The molecule has 0 radical (unpaired) electrons. The highest BCUT2D eigenvalue weighted by molar-refractivity contribution is 7.89. The van der Waals surface area contributed by atoms with Gasteiger partial charge in [0.2, 0.25) is 21.8 Å². The quantitative estimate of drug-likeness (QED) is 0.786. The van der Waals surface area contributed by atoms with Gasteiger partial charge in [0.15, 0.2) is 0 Å². The number of aryl methyl sites for hydroxylation is 2. The average molecular weight is 446 g/mol. The lowest BCUT2D eigenvalue weighted by Crippen LogP contribution is -2.52. The number of nitrogens with one attached hydrogen (secondary N) is 1.